The summed E-state index contributed by atoms with van der Waals surface area (Å²) in [5.74, 6) is -0.0873. The zero-order valence-electron chi connectivity index (χ0n) is 14.3. The molecule has 0 aliphatic rings. The van der Waals surface area contributed by atoms with Crippen molar-refractivity contribution in [1.29, 1.82) is 0 Å². The number of para-hydroxylation sites is 1. The number of pyridine rings is 1. The van der Waals surface area contributed by atoms with Gasteiger partial charge in [-0.1, -0.05) is 41.9 Å². The highest BCUT2D eigenvalue weighted by Crippen LogP contribution is 2.25. The van der Waals surface area contributed by atoms with Gasteiger partial charge in [-0.25, -0.2) is 4.98 Å². The first kappa shape index (κ1) is 17.4. The molecule has 0 atom stereocenters. The molecule has 0 spiro atoms. The Balaban J connectivity index is 2.00. The Kier molecular flexibility index (Phi) is 5.31. The van der Waals surface area contributed by atoms with Crippen LogP contribution in [0.15, 0.2) is 54.6 Å². The van der Waals surface area contributed by atoms with Gasteiger partial charge in [-0.3, -0.25) is 4.79 Å². The van der Waals surface area contributed by atoms with Gasteiger partial charge in [-0.05, 0) is 38.4 Å². The van der Waals surface area contributed by atoms with Crippen molar-refractivity contribution in [2.45, 2.75) is 0 Å². The molecular weight excluding hydrogens is 334 g/mol. The molecule has 1 heterocycles. The van der Waals surface area contributed by atoms with Gasteiger partial charge < -0.3 is 10.2 Å². The topological polar surface area (TPSA) is 45.2 Å². The predicted octanol–water partition coefficient (Wildman–Crippen LogP) is 3.85. The van der Waals surface area contributed by atoms with Crippen molar-refractivity contribution in [3.8, 4) is 11.3 Å². The van der Waals surface area contributed by atoms with Gasteiger partial charge in [-0.2, -0.15) is 0 Å². The van der Waals surface area contributed by atoms with Crippen LogP contribution in [0.4, 0.5) is 0 Å². The van der Waals surface area contributed by atoms with Crippen molar-refractivity contribution in [2.24, 2.45) is 0 Å². The Bertz CT molecular complexity index is 891. The van der Waals surface area contributed by atoms with Crippen molar-refractivity contribution >= 4 is 28.4 Å². The molecule has 0 aliphatic carbocycles. The van der Waals surface area contributed by atoms with E-state index >= 15 is 0 Å². The summed E-state index contributed by atoms with van der Waals surface area (Å²) in [5, 5.41) is 4.50. The van der Waals surface area contributed by atoms with Crippen molar-refractivity contribution in [3.63, 3.8) is 0 Å². The van der Waals surface area contributed by atoms with E-state index in [9.17, 15) is 4.79 Å². The summed E-state index contributed by atoms with van der Waals surface area (Å²) in [6.45, 7) is 1.39. The van der Waals surface area contributed by atoms with Gasteiger partial charge >= 0.3 is 0 Å². The minimum atomic E-state index is -0.0873. The Morgan fingerprint density at radius 1 is 1.12 bits per heavy atom. The van der Waals surface area contributed by atoms with Crippen LogP contribution >= 0.6 is 11.6 Å². The lowest BCUT2D eigenvalue weighted by molar-refractivity contribution is 0.0952. The highest BCUT2D eigenvalue weighted by molar-refractivity contribution is 6.30. The molecule has 25 heavy (non-hydrogen) atoms. The summed E-state index contributed by atoms with van der Waals surface area (Å²) < 4.78 is 0. The van der Waals surface area contributed by atoms with Gasteiger partial charge in [0.05, 0.1) is 16.8 Å². The number of amides is 1. The van der Waals surface area contributed by atoms with Gasteiger partial charge in [0.2, 0.25) is 0 Å². The molecule has 3 rings (SSSR count). The van der Waals surface area contributed by atoms with Crippen LogP contribution in [0.1, 0.15) is 10.4 Å². The highest BCUT2D eigenvalue weighted by Gasteiger charge is 2.13. The van der Waals surface area contributed by atoms with Gasteiger partial charge in [0, 0.05) is 29.1 Å². The van der Waals surface area contributed by atoms with Crippen molar-refractivity contribution < 1.29 is 4.79 Å². The number of hydrogen-bond donors (Lipinski definition) is 1. The van der Waals surface area contributed by atoms with E-state index < -0.39 is 0 Å². The second kappa shape index (κ2) is 7.64. The van der Waals surface area contributed by atoms with E-state index in [1.54, 1.807) is 0 Å². The Labute approximate surface area is 152 Å². The molecule has 4 nitrogen and oxygen atoms in total. The maximum atomic E-state index is 12.7. The second-order valence-corrected chi connectivity index (χ2v) is 6.57. The van der Waals surface area contributed by atoms with E-state index in [-0.39, 0.29) is 5.91 Å². The minimum absolute atomic E-state index is 0.0873. The first-order valence-corrected chi connectivity index (χ1v) is 8.51. The maximum Gasteiger partial charge on any atom is 0.252 e. The van der Waals surface area contributed by atoms with Crippen LogP contribution in [0.5, 0.6) is 0 Å². The van der Waals surface area contributed by atoms with Crippen LogP contribution in [0.2, 0.25) is 5.02 Å². The van der Waals surface area contributed by atoms with E-state index in [4.69, 9.17) is 16.6 Å². The molecule has 1 N–H and O–H groups in total. The quantitative estimate of drug-likeness (QED) is 0.757. The van der Waals surface area contributed by atoms with Crippen molar-refractivity contribution in [2.75, 3.05) is 27.2 Å². The van der Waals surface area contributed by atoms with Gasteiger partial charge in [0.1, 0.15) is 0 Å². The number of carbonyl (C=O) groups is 1. The number of hydrogen-bond acceptors (Lipinski definition) is 3. The molecule has 1 amide bonds. The molecule has 0 saturated heterocycles. The molecule has 2 aromatic carbocycles. The van der Waals surface area contributed by atoms with Crippen LogP contribution in [0.3, 0.4) is 0 Å². The summed E-state index contributed by atoms with van der Waals surface area (Å²) in [4.78, 5) is 19.4. The molecule has 0 bridgehead atoms. The molecule has 5 heteroatoms. The minimum Gasteiger partial charge on any atom is -0.351 e. The Morgan fingerprint density at radius 3 is 2.56 bits per heavy atom. The van der Waals surface area contributed by atoms with E-state index in [1.807, 2.05) is 73.6 Å². The molecule has 0 fully saturated rings. The first-order valence-electron chi connectivity index (χ1n) is 8.13. The molecule has 3 aromatic rings. The second-order valence-electron chi connectivity index (χ2n) is 6.14. The number of nitrogens with one attached hydrogen (secondary N) is 1. The van der Waals surface area contributed by atoms with Crippen molar-refractivity contribution in [1.82, 2.24) is 15.2 Å². The third-order valence-electron chi connectivity index (χ3n) is 3.95. The molecule has 0 aliphatic heterocycles. The number of fused-ring (bicyclic) bond motifs is 1. The monoisotopic (exact) mass is 353 g/mol. The number of rotatable bonds is 5. The Hall–Kier alpha value is -2.43. The number of nitrogens with zero attached hydrogens (tertiary/aromatic N) is 2. The largest absolute Gasteiger partial charge is 0.351 e. The fourth-order valence-electron chi connectivity index (χ4n) is 2.62. The molecule has 128 valence electrons. The molecule has 0 saturated carbocycles. The fourth-order valence-corrected chi connectivity index (χ4v) is 2.75. The maximum absolute atomic E-state index is 12.7. The lowest BCUT2D eigenvalue weighted by Crippen LogP contribution is -2.31. The lowest BCUT2D eigenvalue weighted by atomic mass is 10.0. The number of aromatic nitrogens is 1. The van der Waals surface area contributed by atoms with Crippen LogP contribution in [0, 0.1) is 0 Å². The average Bonchev–Trinajstić information content (AvgIpc) is 2.61. The van der Waals surface area contributed by atoms with E-state index in [0.717, 1.165) is 28.7 Å². The summed E-state index contributed by atoms with van der Waals surface area (Å²) in [7, 11) is 3.96. The molecule has 0 radical (unpaired) electrons. The Morgan fingerprint density at radius 2 is 1.84 bits per heavy atom. The normalized spacial score (nSPS) is 11.0. The smallest absolute Gasteiger partial charge is 0.252 e. The summed E-state index contributed by atoms with van der Waals surface area (Å²) >= 11 is 5.97. The molecule has 0 unspecified atom stereocenters. The van der Waals surface area contributed by atoms with Crippen molar-refractivity contribution in [3.05, 3.63) is 65.2 Å². The number of likely N-dealkylation sites (N-methyl/N-ethyl adjacent to an activating group) is 1. The van der Waals surface area contributed by atoms with Gasteiger partial charge in [-0.15, -0.1) is 0 Å². The SMILES string of the molecule is CN(C)CCNC(=O)c1cc(-c2ccc(Cl)cc2)nc2ccccc12. The average molecular weight is 354 g/mol. The zero-order valence-corrected chi connectivity index (χ0v) is 15.0. The predicted molar refractivity (Wildman–Crippen MR) is 103 cm³/mol. The first-order chi connectivity index (χ1) is 12.0. The van der Waals surface area contributed by atoms with E-state index in [1.165, 1.54) is 0 Å². The molecular formula is C20H20ClN3O. The summed E-state index contributed by atoms with van der Waals surface area (Å²) in [5.41, 5.74) is 3.12. The zero-order chi connectivity index (χ0) is 17.8. The third-order valence-corrected chi connectivity index (χ3v) is 4.20. The number of carbonyl (C=O) groups excluding carboxylic acids is 1. The van der Waals surface area contributed by atoms with E-state index in [0.29, 0.717) is 17.1 Å². The lowest BCUT2D eigenvalue weighted by Gasteiger charge is -2.13. The van der Waals surface area contributed by atoms with Crippen LogP contribution in [0.25, 0.3) is 22.2 Å². The standard InChI is InChI=1S/C20H20ClN3O/c1-24(2)12-11-22-20(25)17-13-19(14-7-9-15(21)10-8-14)23-18-6-4-3-5-16(17)18/h3-10,13H,11-12H2,1-2H3,(H,22,25). The fraction of sp³-hybridized carbons (Fsp3) is 0.200. The van der Waals surface area contributed by atoms with Crippen LogP contribution in [-0.2, 0) is 0 Å². The summed E-state index contributed by atoms with van der Waals surface area (Å²) in [6, 6.07) is 17.0. The third kappa shape index (κ3) is 4.16. The number of halogens is 1. The van der Waals surface area contributed by atoms with E-state index in [2.05, 4.69) is 5.32 Å². The summed E-state index contributed by atoms with van der Waals surface area (Å²) in [6.07, 6.45) is 0. The number of benzene rings is 2. The van der Waals surface area contributed by atoms with Crippen LogP contribution < -0.4 is 5.32 Å². The van der Waals surface area contributed by atoms with Gasteiger partial charge in [0.25, 0.3) is 5.91 Å². The van der Waals surface area contributed by atoms with Crippen LogP contribution in [-0.4, -0.2) is 43.0 Å². The highest BCUT2D eigenvalue weighted by atomic mass is 35.5. The van der Waals surface area contributed by atoms with Gasteiger partial charge in [0.15, 0.2) is 0 Å². The molecule has 1 aromatic heterocycles.